The Kier molecular flexibility index (Phi) is 5.24. The van der Waals surface area contributed by atoms with Crippen LogP contribution in [-0.2, 0) is 9.59 Å². The fourth-order valence-corrected chi connectivity index (χ4v) is 3.96. The monoisotopic (exact) mass is 375 g/mol. The molecule has 1 aromatic carbocycles. The lowest BCUT2D eigenvalue weighted by molar-refractivity contribution is -0.137. The zero-order valence-corrected chi connectivity index (χ0v) is 15.2. The number of thiocarbonyl (C=S) groups is 1. The molecule has 1 aromatic rings. The third-order valence-electron chi connectivity index (χ3n) is 3.96. The first-order valence-electron chi connectivity index (χ1n) is 7.90. The van der Waals surface area contributed by atoms with Gasteiger partial charge in [-0.25, -0.2) is 0 Å². The molecule has 7 heteroatoms. The second-order valence-corrected chi connectivity index (χ2v) is 7.45. The number of ether oxygens (including phenoxy) is 1. The van der Waals surface area contributed by atoms with Crippen LogP contribution in [0.1, 0.15) is 25.3 Å². The number of carboxylic acid groups (broad SMARTS) is 1. The first kappa shape index (κ1) is 17.7. The quantitative estimate of drug-likeness (QED) is 0.628. The lowest BCUT2D eigenvalue weighted by atomic mass is 10.0. The average Bonchev–Trinajstić information content (AvgIpc) is 2.82. The lowest BCUT2D eigenvalue weighted by Gasteiger charge is -2.23. The minimum atomic E-state index is -0.877. The first-order chi connectivity index (χ1) is 12.0. The number of carboxylic acids is 1. The van der Waals surface area contributed by atoms with Crippen LogP contribution in [0.2, 0.25) is 0 Å². The largest absolute Gasteiger partial charge is 0.485 e. The van der Waals surface area contributed by atoms with Gasteiger partial charge in [-0.15, -0.1) is 0 Å². The number of aliphatic carboxylic acids is 1. The van der Waals surface area contributed by atoms with Crippen LogP contribution in [0.15, 0.2) is 40.8 Å². The summed E-state index contributed by atoms with van der Waals surface area (Å²) in [5.41, 5.74) is 1.88. The number of nitrogens with zero attached hydrogens (tertiary/aromatic N) is 1. The van der Waals surface area contributed by atoms with Gasteiger partial charge in [0.1, 0.15) is 16.2 Å². The Labute approximate surface area is 155 Å². The molecule has 2 aliphatic rings. The molecule has 0 unspecified atom stereocenters. The maximum atomic E-state index is 12.6. The zero-order valence-electron chi connectivity index (χ0n) is 13.6. The third kappa shape index (κ3) is 3.93. The molecule has 2 heterocycles. The summed E-state index contributed by atoms with van der Waals surface area (Å²) >= 11 is 6.51. The van der Waals surface area contributed by atoms with Crippen molar-refractivity contribution in [2.75, 3.05) is 6.54 Å². The molecular weight excluding hydrogens is 358 g/mol. The number of hydrogen-bond donors (Lipinski definition) is 1. The van der Waals surface area contributed by atoms with Crippen LogP contribution < -0.4 is 4.74 Å². The standard InChI is InChI=1S/C18H17NO4S2/c1-11-13(9-12-5-2-3-6-14(12)23-11)10-15-17(22)19(18(24)25-15)8-4-7-16(20)21/h2-3,5-6,9-11H,4,7-8H2,1H3,(H,20,21)/b15-10-/t11-/m1/s1. The predicted molar refractivity (Wildman–Crippen MR) is 101 cm³/mol. The van der Waals surface area contributed by atoms with Crippen molar-refractivity contribution < 1.29 is 19.4 Å². The minimum absolute atomic E-state index is 0.0168. The molecule has 25 heavy (non-hydrogen) atoms. The highest BCUT2D eigenvalue weighted by Crippen LogP contribution is 2.35. The summed E-state index contributed by atoms with van der Waals surface area (Å²) in [5, 5.41) is 8.72. The molecule has 0 bridgehead atoms. The van der Waals surface area contributed by atoms with Gasteiger partial charge in [-0.3, -0.25) is 14.5 Å². The first-order valence-corrected chi connectivity index (χ1v) is 9.12. The number of carbonyl (C=O) groups is 2. The fourth-order valence-electron chi connectivity index (χ4n) is 2.65. The van der Waals surface area contributed by atoms with Crippen molar-refractivity contribution in [1.82, 2.24) is 4.90 Å². The highest BCUT2D eigenvalue weighted by Gasteiger charge is 2.32. The van der Waals surface area contributed by atoms with Crippen molar-refractivity contribution in [3.63, 3.8) is 0 Å². The molecule has 1 amide bonds. The van der Waals surface area contributed by atoms with E-state index >= 15 is 0 Å². The second kappa shape index (κ2) is 7.41. The Bertz CT molecular complexity index is 800. The number of amides is 1. The topological polar surface area (TPSA) is 66.8 Å². The number of para-hydroxylation sites is 1. The predicted octanol–water partition coefficient (Wildman–Crippen LogP) is 3.46. The van der Waals surface area contributed by atoms with E-state index in [4.69, 9.17) is 22.1 Å². The van der Waals surface area contributed by atoms with E-state index in [2.05, 4.69) is 0 Å². The van der Waals surface area contributed by atoms with E-state index in [1.807, 2.05) is 43.3 Å². The molecule has 1 saturated heterocycles. The summed E-state index contributed by atoms with van der Waals surface area (Å²) in [7, 11) is 0. The smallest absolute Gasteiger partial charge is 0.303 e. The fraction of sp³-hybridized carbons (Fsp3) is 0.278. The molecule has 0 radical (unpaired) electrons. The van der Waals surface area contributed by atoms with E-state index in [9.17, 15) is 9.59 Å². The Morgan fingerprint density at radius 2 is 2.20 bits per heavy atom. The molecule has 0 aromatic heterocycles. The number of carbonyl (C=O) groups excluding carboxylic acids is 1. The maximum absolute atomic E-state index is 12.6. The van der Waals surface area contributed by atoms with Gasteiger partial charge in [-0.2, -0.15) is 0 Å². The Balaban J connectivity index is 1.78. The minimum Gasteiger partial charge on any atom is -0.485 e. The molecule has 130 valence electrons. The van der Waals surface area contributed by atoms with E-state index in [0.29, 0.717) is 22.2 Å². The van der Waals surface area contributed by atoms with Gasteiger partial charge >= 0.3 is 5.97 Å². The van der Waals surface area contributed by atoms with Gasteiger partial charge < -0.3 is 9.84 Å². The molecule has 3 rings (SSSR count). The van der Waals surface area contributed by atoms with Gasteiger partial charge in [0, 0.05) is 18.5 Å². The average molecular weight is 375 g/mol. The summed E-state index contributed by atoms with van der Waals surface area (Å²) < 4.78 is 6.35. The summed E-state index contributed by atoms with van der Waals surface area (Å²) in [5.74, 6) is -0.223. The molecule has 0 saturated carbocycles. The Hall–Kier alpha value is -2.12. The number of rotatable bonds is 5. The van der Waals surface area contributed by atoms with Crippen molar-refractivity contribution >= 4 is 46.3 Å². The summed E-state index contributed by atoms with van der Waals surface area (Å²) in [4.78, 5) is 25.2. The van der Waals surface area contributed by atoms with Crippen molar-refractivity contribution in [2.24, 2.45) is 0 Å². The van der Waals surface area contributed by atoms with E-state index in [1.54, 1.807) is 0 Å². The summed E-state index contributed by atoms with van der Waals surface area (Å²) in [6.45, 7) is 2.26. The van der Waals surface area contributed by atoms with Gasteiger partial charge in [0.15, 0.2) is 0 Å². The lowest BCUT2D eigenvalue weighted by Crippen LogP contribution is -2.29. The molecular formula is C18H17NO4S2. The number of benzene rings is 1. The van der Waals surface area contributed by atoms with Gasteiger partial charge in [0.2, 0.25) is 0 Å². The van der Waals surface area contributed by atoms with Crippen LogP contribution in [0.4, 0.5) is 0 Å². The highest BCUT2D eigenvalue weighted by atomic mass is 32.2. The van der Waals surface area contributed by atoms with Crippen molar-refractivity contribution in [2.45, 2.75) is 25.9 Å². The number of thioether (sulfide) groups is 1. The molecule has 1 atom stereocenters. The number of fused-ring (bicyclic) bond motifs is 1. The Morgan fingerprint density at radius 1 is 1.44 bits per heavy atom. The van der Waals surface area contributed by atoms with E-state index in [1.165, 1.54) is 16.7 Å². The van der Waals surface area contributed by atoms with Crippen LogP contribution in [-0.4, -0.2) is 38.9 Å². The van der Waals surface area contributed by atoms with E-state index in [0.717, 1.165) is 16.9 Å². The summed E-state index contributed by atoms with van der Waals surface area (Å²) in [6.07, 6.45) is 4.07. The second-order valence-electron chi connectivity index (χ2n) is 5.77. The SMILES string of the molecule is C[C@H]1Oc2ccccc2C=C1/C=C1\SC(=S)N(CCCC(=O)O)C1=O. The van der Waals surface area contributed by atoms with Gasteiger partial charge in [0.05, 0.1) is 4.91 Å². The van der Waals surface area contributed by atoms with Gasteiger partial charge in [-0.1, -0.05) is 42.2 Å². The van der Waals surface area contributed by atoms with E-state index < -0.39 is 5.97 Å². The van der Waals surface area contributed by atoms with Gasteiger partial charge in [0.25, 0.3) is 5.91 Å². The van der Waals surface area contributed by atoms with Crippen molar-refractivity contribution in [3.8, 4) is 5.75 Å². The van der Waals surface area contributed by atoms with Crippen LogP contribution in [0, 0.1) is 0 Å². The Morgan fingerprint density at radius 3 is 2.96 bits per heavy atom. The molecule has 0 aliphatic carbocycles. The third-order valence-corrected chi connectivity index (χ3v) is 5.34. The van der Waals surface area contributed by atoms with Gasteiger partial charge in [-0.05, 0) is 37.1 Å². The molecule has 2 aliphatic heterocycles. The van der Waals surface area contributed by atoms with Crippen LogP contribution in [0.3, 0.4) is 0 Å². The summed E-state index contributed by atoms with van der Waals surface area (Å²) in [6, 6.07) is 7.74. The van der Waals surface area contributed by atoms with Crippen LogP contribution in [0.25, 0.3) is 6.08 Å². The van der Waals surface area contributed by atoms with E-state index in [-0.39, 0.29) is 18.4 Å². The van der Waals surface area contributed by atoms with Crippen LogP contribution in [0.5, 0.6) is 5.75 Å². The van der Waals surface area contributed by atoms with Crippen molar-refractivity contribution in [3.05, 3.63) is 46.4 Å². The number of hydrogen-bond acceptors (Lipinski definition) is 5. The molecule has 5 nitrogen and oxygen atoms in total. The highest BCUT2D eigenvalue weighted by molar-refractivity contribution is 8.26. The molecule has 1 N–H and O–H groups in total. The molecule has 0 spiro atoms. The van der Waals surface area contributed by atoms with Crippen molar-refractivity contribution in [1.29, 1.82) is 0 Å². The van der Waals surface area contributed by atoms with Crippen LogP contribution >= 0.6 is 24.0 Å². The maximum Gasteiger partial charge on any atom is 0.303 e. The molecule has 1 fully saturated rings. The zero-order chi connectivity index (χ0) is 18.0. The normalized spacial score (nSPS) is 21.2.